The van der Waals surface area contributed by atoms with Gasteiger partial charge in [0, 0.05) is 11.5 Å². The van der Waals surface area contributed by atoms with E-state index >= 15 is 0 Å². The summed E-state index contributed by atoms with van der Waals surface area (Å²) >= 11 is 0. The molecule has 3 heterocycles. The standard InChI is InChI=1S/C25H26O8/c1-15-11-16(2)22-21(12-15)33-25(26)23-17-13-19-20(14-18(17)32-24(22)23)31-10-8-29-6-4-27-3-5-28-7-9-30-19/h11-14H,3-10H2,1-2H3. The van der Waals surface area contributed by atoms with Gasteiger partial charge in [0.05, 0.1) is 45.0 Å². The summed E-state index contributed by atoms with van der Waals surface area (Å²) in [6.07, 6.45) is 0. The van der Waals surface area contributed by atoms with Crippen molar-refractivity contribution in [3.8, 4) is 11.5 Å². The first kappa shape index (κ1) is 21.8. The number of hydrogen-bond donors (Lipinski definition) is 0. The second-order valence-electron chi connectivity index (χ2n) is 7.98. The van der Waals surface area contributed by atoms with Gasteiger partial charge in [-0.3, -0.25) is 0 Å². The first-order valence-electron chi connectivity index (χ1n) is 11.0. The Morgan fingerprint density at radius 1 is 0.636 bits per heavy atom. The predicted molar refractivity (Wildman–Crippen MR) is 123 cm³/mol. The lowest BCUT2D eigenvalue weighted by atomic mass is 10.0. The van der Waals surface area contributed by atoms with Crippen LogP contribution in [0, 0.1) is 13.8 Å². The van der Waals surface area contributed by atoms with Gasteiger partial charge in [-0.05, 0) is 37.1 Å². The third-order valence-electron chi connectivity index (χ3n) is 5.55. The van der Waals surface area contributed by atoms with Crippen LogP contribution in [-0.2, 0) is 14.2 Å². The molecule has 0 N–H and O–H groups in total. The number of hydrogen-bond acceptors (Lipinski definition) is 8. The fourth-order valence-electron chi connectivity index (χ4n) is 4.12. The van der Waals surface area contributed by atoms with Crippen LogP contribution in [0.2, 0.25) is 0 Å². The van der Waals surface area contributed by atoms with Gasteiger partial charge in [-0.15, -0.1) is 0 Å². The second kappa shape index (κ2) is 9.43. The quantitative estimate of drug-likeness (QED) is 0.367. The van der Waals surface area contributed by atoms with E-state index in [1.54, 1.807) is 12.1 Å². The topological polar surface area (TPSA) is 89.5 Å². The Morgan fingerprint density at radius 3 is 1.91 bits per heavy atom. The molecule has 4 aromatic rings. The first-order chi connectivity index (χ1) is 16.1. The smallest absolute Gasteiger partial charge is 0.348 e. The van der Waals surface area contributed by atoms with E-state index in [1.807, 2.05) is 26.0 Å². The van der Waals surface area contributed by atoms with Gasteiger partial charge in [-0.25, -0.2) is 4.79 Å². The highest BCUT2D eigenvalue weighted by atomic mass is 16.6. The van der Waals surface area contributed by atoms with E-state index in [4.69, 9.17) is 32.5 Å². The average molecular weight is 454 g/mol. The van der Waals surface area contributed by atoms with Crippen LogP contribution in [0.25, 0.3) is 32.9 Å². The Balaban J connectivity index is 1.60. The Hall–Kier alpha value is -3.07. The van der Waals surface area contributed by atoms with Crippen molar-refractivity contribution in [1.82, 2.24) is 0 Å². The van der Waals surface area contributed by atoms with Crippen molar-refractivity contribution >= 4 is 32.9 Å². The fraction of sp³-hybridized carbons (Fsp3) is 0.400. The minimum atomic E-state index is -0.448. The van der Waals surface area contributed by atoms with E-state index in [1.165, 1.54) is 0 Å². The number of benzene rings is 2. The maximum Gasteiger partial charge on any atom is 0.348 e. The maximum absolute atomic E-state index is 12.9. The summed E-state index contributed by atoms with van der Waals surface area (Å²) in [5.74, 6) is 1.01. The van der Waals surface area contributed by atoms with E-state index in [0.717, 1.165) is 16.5 Å². The molecule has 0 bridgehead atoms. The van der Waals surface area contributed by atoms with Crippen molar-refractivity contribution in [2.75, 3.05) is 52.9 Å². The molecule has 174 valence electrons. The van der Waals surface area contributed by atoms with Gasteiger partial charge in [0.2, 0.25) is 0 Å². The van der Waals surface area contributed by atoms with Gasteiger partial charge in [0.15, 0.2) is 17.1 Å². The zero-order valence-corrected chi connectivity index (χ0v) is 18.7. The molecule has 8 nitrogen and oxygen atoms in total. The summed E-state index contributed by atoms with van der Waals surface area (Å²) in [7, 11) is 0. The van der Waals surface area contributed by atoms with Gasteiger partial charge < -0.3 is 32.5 Å². The predicted octanol–water partition coefficient (Wildman–Crippen LogP) is 4.13. The molecule has 0 amide bonds. The Bertz CT molecular complexity index is 1350. The SMILES string of the molecule is Cc1cc(C)c2c(c1)oc(=O)c1c3cc4c(cc3oc21)OCCOCCOCCOCCO4. The third kappa shape index (κ3) is 4.42. The Kier molecular flexibility index (Phi) is 6.22. The van der Waals surface area contributed by atoms with Crippen LogP contribution in [0.5, 0.6) is 11.5 Å². The summed E-state index contributed by atoms with van der Waals surface area (Å²) in [6.45, 7) is 7.37. The lowest BCUT2D eigenvalue weighted by Gasteiger charge is -2.13. The van der Waals surface area contributed by atoms with Crippen molar-refractivity contribution in [2.45, 2.75) is 13.8 Å². The molecule has 0 radical (unpaired) electrons. The van der Waals surface area contributed by atoms with Crippen molar-refractivity contribution in [3.63, 3.8) is 0 Å². The van der Waals surface area contributed by atoms with Crippen molar-refractivity contribution in [3.05, 3.63) is 45.8 Å². The van der Waals surface area contributed by atoms with Crippen molar-refractivity contribution in [2.24, 2.45) is 0 Å². The van der Waals surface area contributed by atoms with E-state index < -0.39 is 5.63 Å². The summed E-state index contributed by atoms with van der Waals surface area (Å²) in [4.78, 5) is 12.9. The molecular formula is C25H26O8. The van der Waals surface area contributed by atoms with Crippen LogP contribution in [0.15, 0.2) is 37.9 Å². The molecule has 2 aromatic heterocycles. The van der Waals surface area contributed by atoms with Crippen LogP contribution in [0.1, 0.15) is 11.1 Å². The molecule has 0 unspecified atom stereocenters. The molecule has 0 spiro atoms. The van der Waals surface area contributed by atoms with E-state index in [2.05, 4.69) is 0 Å². The molecule has 33 heavy (non-hydrogen) atoms. The van der Waals surface area contributed by atoms with Crippen LogP contribution in [0.4, 0.5) is 0 Å². The lowest BCUT2D eigenvalue weighted by Crippen LogP contribution is -2.13. The highest BCUT2D eigenvalue weighted by Gasteiger charge is 2.20. The highest BCUT2D eigenvalue weighted by molar-refractivity contribution is 6.14. The summed E-state index contributed by atoms with van der Waals surface area (Å²) in [5, 5.41) is 1.80. The summed E-state index contributed by atoms with van der Waals surface area (Å²) < 4.78 is 40.2. The minimum absolute atomic E-state index is 0.323. The van der Waals surface area contributed by atoms with Gasteiger partial charge in [0.1, 0.15) is 29.8 Å². The number of aryl methyl sites for hydroxylation is 2. The monoisotopic (exact) mass is 454 g/mol. The van der Waals surface area contributed by atoms with Crippen LogP contribution in [0.3, 0.4) is 0 Å². The van der Waals surface area contributed by atoms with E-state index in [0.29, 0.717) is 91.9 Å². The number of furan rings is 1. The fourth-order valence-corrected chi connectivity index (χ4v) is 4.12. The molecule has 2 aromatic carbocycles. The Morgan fingerprint density at radius 2 is 1.24 bits per heavy atom. The Labute approximate surface area is 189 Å². The summed E-state index contributed by atoms with van der Waals surface area (Å²) in [5.41, 5.74) is 3.08. The molecule has 1 aliphatic rings. The van der Waals surface area contributed by atoms with Crippen molar-refractivity contribution in [1.29, 1.82) is 0 Å². The molecule has 1 aliphatic heterocycles. The van der Waals surface area contributed by atoms with Gasteiger partial charge in [-0.1, -0.05) is 6.07 Å². The molecule has 8 heteroatoms. The number of fused-ring (bicyclic) bond motifs is 6. The van der Waals surface area contributed by atoms with Crippen LogP contribution >= 0.6 is 0 Å². The third-order valence-corrected chi connectivity index (χ3v) is 5.55. The van der Waals surface area contributed by atoms with Crippen LogP contribution < -0.4 is 15.1 Å². The molecule has 0 fully saturated rings. The van der Waals surface area contributed by atoms with Gasteiger partial charge >= 0.3 is 5.63 Å². The second-order valence-corrected chi connectivity index (χ2v) is 7.98. The largest absolute Gasteiger partial charge is 0.487 e. The number of ether oxygens (including phenoxy) is 5. The first-order valence-corrected chi connectivity index (χ1v) is 11.0. The molecular weight excluding hydrogens is 428 g/mol. The molecule has 0 aliphatic carbocycles. The van der Waals surface area contributed by atoms with E-state index in [9.17, 15) is 4.79 Å². The van der Waals surface area contributed by atoms with Gasteiger partial charge in [-0.2, -0.15) is 0 Å². The molecule has 5 rings (SSSR count). The zero-order valence-electron chi connectivity index (χ0n) is 18.7. The summed E-state index contributed by atoms with van der Waals surface area (Å²) in [6, 6.07) is 7.41. The molecule has 0 saturated heterocycles. The number of rotatable bonds is 0. The maximum atomic E-state index is 12.9. The van der Waals surface area contributed by atoms with Gasteiger partial charge in [0.25, 0.3) is 0 Å². The lowest BCUT2D eigenvalue weighted by molar-refractivity contribution is 0.00708. The minimum Gasteiger partial charge on any atom is -0.487 e. The molecule has 0 atom stereocenters. The zero-order chi connectivity index (χ0) is 22.8. The normalized spacial score (nSPS) is 16.7. The van der Waals surface area contributed by atoms with E-state index in [-0.39, 0.29) is 0 Å². The van der Waals surface area contributed by atoms with Crippen molar-refractivity contribution < 1.29 is 32.5 Å². The average Bonchev–Trinajstić information content (AvgIpc) is 3.13. The van der Waals surface area contributed by atoms with Crippen LogP contribution in [-0.4, -0.2) is 52.9 Å². The highest BCUT2D eigenvalue weighted by Crippen LogP contribution is 2.39. The molecule has 0 saturated carbocycles.